The van der Waals surface area contributed by atoms with Gasteiger partial charge in [0.25, 0.3) is 5.91 Å². The molecule has 5 rings (SSSR count). The van der Waals surface area contributed by atoms with Crippen LogP contribution in [0, 0.1) is 5.82 Å². The number of hydrogen-bond donors (Lipinski definition) is 2. The van der Waals surface area contributed by atoms with Crippen molar-refractivity contribution in [1.82, 2.24) is 15.1 Å². The van der Waals surface area contributed by atoms with Crippen LogP contribution in [-0.4, -0.2) is 59.8 Å². The second-order valence-electron chi connectivity index (χ2n) is 7.95. The number of hydrogen-bond acceptors (Lipinski definition) is 6. The maximum absolute atomic E-state index is 15.6. The molecule has 0 aliphatic carbocycles. The molecule has 1 atom stereocenters. The number of carbonyl (C=O) groups is 3. The van der Waals surface area contributed by atoms with Crippen LogP contribution in [0.3, 0.4) is 0 Å². The predicted octanol–water partition coefficient (Wildman–Crippen LogP) is 2.03. The average Bonchev–Trinajstić information content (AvgIpc) is 3.28. The summed E-state index contributed by atoms with van der Waals surface area (Å²) in [7, 11) is 0. The Hall–Kier alpha value is -3.30. The molecule has 2 aromatic rings. The maximum Gasteiger partial charge on any atom is 0.255 e. The molecule has 178 valence electrons. The van der Waals surface area contributed by atoms with Crippen molar-refractivity contribution in [2.45, 2.75) is 38.4 Å². The van der Waals surface area contributed by atoms with E-state index in [0.29, 0.717) is 36.9 Å². The van der Waals surface area contributed by atoms with E-state index < -0.39 is 55.3 Å². The predicted molar refractivity (Wildman–Crippen MR) is 122 cm³/mol. The molecule has 9 heteroatoms. The average molecular weight is 474 g/mol. The van der Waals surface area contributed by atoms with E-state index in [4.69, 9.17) is 14.3 Å². The summed E-state index contributed by atoms with van der Waals surface area (Å²) in [6, 6.07) is 5.77. The van der Waals surface area contributed by atoms with E-state index in [1.54, 1.807) is 11.4 Å². The molecule has 3 aliphatic rings. The minimum absolute atomic E-state index is 0.0283. The number of amides is 3. The van der Waals surface area contributed by atoms with Crippen LogP contribution in [0.2, 0.25) is 0 Å². The first-order valence-corrected chi connectivity index (χ1v) is 10.8. The number of piperidine rings is 1. The van der Waals surface area contributed by atoms with Gasteiger partial charge in [-0.25, -0.2) is 4.39 Å². The number of nitrogens with one attached hydrogen (secondary N) is 2. The number of fused-ring (bicyclic) bond motifs is 1. The molecule has 2 saturated heterocycles. The second-order valence-corrected chi connectivity index (χ2v) is 7.95. The molecule has 3 heterocycles. The van der Waals surface area contributed by atoms with Crippen LogP contribution in [0.1, 0.15) is 49.4 Å². The SMILES string of the molecule is [2H]C([2H])(c1cccc(CNc2cccc3c2CN(C2([2H])C(=O)NC(=O)C([2H])([2H])C2([2H])[2H])C3=O)c1F)N1CCOCC1. The largest absolute Gasteiger partial charge is 0.381 e. The molecule has 1 unspecified atom stereocenters. The maximum atomic E-state index is 15.6. The van der Waals surface area contributed by atoms with Crippen molar-refractivity contribution in [2.75, 3.05) is 31.6 Å². The van der Waals surface area contributed by atoms with Crippen molar-refractivity contribution >= 4 is 23.4 Å². The Morgan fingerprint density at radius 2 is 1.94 bits per heavy atom. The van der Waals surface area contributed by atoms with Gasteiger partial charge in [-0.3, -0.25) is 24.6 Å². The van der Waals surface area contributed by atoms with Crippen LogP contribution >= 0.6 is 0 Å². The Morgan fingerprint density at radius 3 is 2.76 bits per heavy atom. The number of morpholine rings is 1. The van der Waals surface area contributed by atoms with Crippen molar-refractivity contribution in [3.05, 3.63) is 64.5 Å². The Balaban J connectivity index is 1.41. The fraction of sp³-hybridized carbons (Fsp3) is 0.400. The van der Waals surface area contributed by atoms with E-state index in [-0.39, 0.29) is 28.8 Å². The number of benzene rings is 2. The first-order valence-electron chi connectivity index (χ1n) is 14.3. The fourth-order valence-corrected chi connectivity index (χ4v) is 4.07. The van der Waals surface area contributed by atoms with E-state index >= 15 is 4.39 Å². The summed E-state index contributed by atoms with van der Waals surface area (Å²) in [4.78, 5) is 40.2. The summed E-state index contributed by atoms with van der Waals surface area (Å²) in [5.74, 6) is -4.66. The molecule has 2 fully saturated rings. The number of rotatable bonds is 6. The van der Waals surface area contributed by atoms with E-state index in [0.717, 1.165) is 0 Å². The monoisotopic (exact) mass is 473 g/mol. The lowest BCUT2D eigenvalue weighted by Gasteiger charge is -2.29. The number of halogens is 1. The van der Waals surface area contributed by atoms with Gasteiger partial charge in [-0.05, 0) is 18.5 Å². The quantitative estimate of drug-likeness (QED) is 0.624. The highest BCUT2D eigenvalue weighted by molar-refractivity contribution is 6.06. The normalized spacial score (nSPS) is 29.5. The van der Waals surface area contributed by atoms with Crippen LogP contribution in [0.5, 0.6) is 0 Å². The van der Waals surface area contributed by atoms with Gasteiger partial charge in [0.1, 0.15) is 11.8 Å². The molecule has 0 saturated carbocycles. The van der Waals surface area contributed by atoms with Gasteiger partial charge in [-0.1, -0.05) is 24.3 Å². The molecule has 0 radical (unpaired) electrons. The van der Waals surface area contributed by atoms with Gasteiger partial charge in [0.15, 0.2) is 0 Å². The number of imide groups is 1. The third-order valence-electron chi connectivity index (χ3n) is 5.81. The molecule has 0 spiro atoms. The van der Waals surface area contributed by atoms with Gasteiger partial charge in [-0.2, -0.15) is 0 Å². The molecule has 8 nitrogen and oxygen atoms in total. The van der Waals surface area contributed by atoms with Gasteiger partial charge in [0, 0.05) is 75.2 Å². The van der Waals surface area contributed by atoms with Gasteiger partial charge in [0.2, 0.25) is 11.8 Å². The van der Waals surface area contributed by atoms with Gasteiger partial charge in [0.05, 0.1) is 14.6 Å². The Kier molecular flexibility index (Phi) is 4.36. The van der Waals surface area contributed by atoms with Crippen LogP contribution in [0.15, 0.2) is 36.4 Å². The highest BCUT2D eigenvalue weighted by Gasteiger charge is 2.39. The third kappa shape index (κ3) is 4.41. The van der Waals surface area contributed by atoms with Crippen molar-refractivity contribution in [3.63, 3.8) is 0 Å². The third-order valence-corrected chi connectivity index (χ3v) is 5.81. The Labute approximate surface area is 206 Å². The summed E-state index contributed by atoms with van der Waals surface area (Å²) in [6.07, 6.45) is -6.68. The molecular formula is C25H27FN4O4. The molecule has 2 aromatic carbocycles. The van der Waals surface area contributed by atoms with E-state index in [1.807, 2.05) is 0 Å². The Morgan fingerprint density at radius 1 is 1.18 bits per heavy atom. The zero-order valence-electron chi connectivity index (χ0n) is 25.1. The first kappa shape index (κ1) is 15.6. The molecule has 0 bridgehead atoms. The van der Waals surface area contributed by atoms with Crippen LogP contribution < -0.4 is 10.6 Å². The summed E-state index contributed by atoms with van der Waals surface area (Å²) in [5.41, 5.74) is 0.624. The van der Waals surface area contributed by atoms with Crippen molar-refractivity contribution < 1.29 is 33.1 Å². The minimum atomic E-state index is -3.40. The van der Waals surface area contributed by atoms with E-state index in [9.17, 15) is 14.4 Å². The molecule has 0 aromatic heterocycles. The summed E-state index contributed by atoms with van der Waals surface area (Å²) < 4.78 is 79.0. The number of carbonyl (C=O) groups excluding carboxylic acids is 3. The van der Waals surface area contributed by atoms with E-state index in [2.05, 4.69) is 5.32 Å². The highest BCUT2D eigenvalue weighted by atomic mass is 19.1. The summed E-state index contributed by atoms with van der Waals surface area (Å²) >= 11 is 0. The second kappa shape index (κ2) is 9.52. The fourth-order valence-electron chi connectivity index (χ4n) is 4.07. The molecule has 2 N–H and O–H groups in total. The van der Waals surface area contributed by atoms with Crippen molar-refractivity contribution in [3.8, 4) is 0 Å². The first-order chi connectivity index (χ1) is 19.2. The molecule has 3 aliphatic heterocycles. The van der Waals surface area contributed by atoms with Crippen LogP contribution in [-0.2, 0) is 33.9 Å². The molecular weight excluding hydrogens is 439 g/mol. The number of nitrogens with zero attached hydrogens (tertiary/aromatic N) is 2. The number of anilines is 1. The lowest BCUT2D eigenvalue weighted by atomic mass is 10.0. The van der Waals surface area contributed by atoms with Crippen LogP contribution in [0.25, 0.3) is 0 Å². The minimum Gasteiger partial charge on any atom is -0.381 e. The van der Waals surface area contributed by atoms with Crippen molar-refractivity contribution in [2.24, 2.45) is 0 Å². The molecule has 34 heavy (non-hydrogen) atoms. The number of ether oxygens (including phenoxy) is 1. The smallest absolute Gasteiger partial charge is 0.255 e. The van der Waals surface area contributed by atoms with E-state index in [1.165, 1.54) is 35.2 Å². The van der Waals surface area contributed by atoms with Gasteiger partial charge in [-0.15, -0.1) is 0 Å². The zero-order valence-corrected chi connectivity index (χ0v) is 18.1. The van der Waals surface area contributed by atoms with Gasteiger partial charge < -0.3 is 15.0 Å². The van der Waals surface area contributed by atoms with Crippen LogP contribution in [0.4, 0.5) is 10.1 Å². The lowest BCUT2D eigenvalue weighted by Crippen LogP contribution is -2.52. The summed E-state index contributed by atoms with van der Waals surface area (Å²) in [5, 5.41) is 4.69. The van der Waals surface area contributed by atoms with Crippen molar-refractivity contribution in [1.29, 1.82) is 0 Å². The Bertz CT molecular complexity index is 1440. The highest BCUT2D eigenvalue weighted by Crippen LogP contribution is 2.32. The standard InChI is InChI=1S/C25H27FN4O4/c26-23-16(3-1-4-17(23)14-29-9-11-34-12-10-29)13-27-20-6-2-5-18-19(20)15-30(25(18)33)21-7-8-22(31)28-24(21)32/h1-6,21,27H,7-15H2,(H,28,31,32)/i7D2,8D2,14D2,21D. The summed E-state index contributed by atoms with van der Waals surface area (Å²) in [6.45, 7) is -1.38. The topological polar surface area (TPSA) is 91.0 Å². The zero-order chi connectivity index (χ0) is 30.0. The lowest BCUT2D eigenvalue weighted by molar-refractivity contribution is -0.136. The molecule has 3 amide bonds. The van der Waals surface area contributed by atoms with Gasteiger partial charge >= 0.3 is 0 Å².